The molecular formula is C23H19N5O3. The highest BCUT2D eigenvalue weighted by Gasteiger charge is 2.16. The van der Waals surface area contributed by atoms with Gasteiger partial charge in [0.1, 0.15) is 23.1 Å². The van der Waals surface area contributed by atoms with Gasteiger partial charge in [0.25, 0.3) is 11.8 Å². The van der Waals surface area contributed by atoms with Gasteiger partial charge >= 0.3 is 0 Å². The summed E-state index contributed by atoms with van der Waals surface area (Å²) in [5.74, 6) is 1.00. The van der Waals surface area contributed by atoms with Gasteiger partial charge in [-0.25, -0.2) is 9.97 Å². The molecule has 0 aliphatic rings. The Morgan fingerprint density at radius 1 is 1.03 bits per heavy atom. The molecule has 4 aromatic rings. The fraction of sp³-hybridized carbons (Fsp3) is 0.0435. The number of anilines is 1. The van der Waals surface area contributed by atoms with Gasteiger partial charge in [0.05, 0.1) is 18.1 Å². The highest BCUT2D eigenvalue weighted by atomic mass is 16.3. The van der Waals surface area contributed by atoms with E-state index in [0.717, 1.165) is 5.82 Å². The molecule has 0 spiro atoms. The predicted molar refractivity (Wildman–Crippen MR) is 115 cm³/mol. The van der Waals surface area contributed by atoms with E-state index in [1.807, 2.05) is 17.6 Å². The van der Waals surface area contributed by atoms with E-state index in [9.17, 15) is 9.59 Å². The SMILES string of the molecule is Cc1nccn1-c1ccc(NC(=O)C(=Cc2ccco2)NC(=O)c2ccccc2)cn1. The molecule has 0 saturated heterocycles. The minimum atomic E-state index is -0.506. The number of amides is 2. The Labute approximate surface area is 178 Å². The first-order valence-corrected chi connectivity index (χ1v) is 9.49. The van der Waals surface area contributed by atoms with E-state index in [2.05, 4.69) is 20.6 Å². The van der Waals surface area contributed by atoms with E-state index in [1.54, 1.807) is 60.9 Å². The van der Waals surface area contributed by atoms with Crippen molar-refractivity contribution < 1.29 is 14.0 Å². The van der Waals surface area contributed by atoms with Crippen LogP contribution in [0.5, 0.6) is 0 Å². The van der Waals surface area contributed by atoms with Crippen LogP contribution >= 0.6 is 0 Å². The summed E-state index contributed by atoms with van der Waals surface area (Å²) in [6, 6.07) is 15.5. The summed E-state index contributed by atoms with van der Waals surface area (Å²) in [5.41, 5.74) is 0.950. The second-order valence-electron chi connectivity index (χ2n) is 6.60. The number of hydrogen-bond acceptors (Lipinski definition) is 5. The van der Waals surface area contributed by atoms with Crippen molar-refractivity contribution in [1.29, 1.82) is 0 Å². The Balaban J connectivity index is 1.53. The number of aryl methyl sites for hydroxylation is 1. The van der Waals surface area contributed by atoms with Crippen molar-refractivity contribution in [2.45, 2.75) is 6.92 Å². The molecule has 31 heavy (non-hydrogen) atoms. The topological polar surface area (TPSA) is 102 Å². The number of carbonyl (C=O) groups is 2. The van der Waals surface area contributed by atoms with Gasteiger partial charge in [-0.3, -0.25) is 14.2 Å². The lowest BCUT2D eigenvalue weighted by molar-refractivity contribution is -0.113. The average Bonchev–Trinajstić information content (AvgIpc) is 3.46. The lowest BCUT2D eigenvalue weighted by Crippen LogP contribution is -2.30. The van der Waals surface area contributed by atoms with Crippen molar-refractivity contribution in [2.24, 2.45) is 0 Å². The molecule has 0 saturated carbocycles. The van der Waals surface area contributed by atoms with Crippen LogP contribution in [-0.4, -0.2) is 26.3 Å². The molecule has 2 amide bonds. The van der Waals surface area contributed by atoms with Crippen molar-refractivity contribution >= 4 is 23.6 Å². The van der Waals surface area contributed by atoms with Gasteiger partial charge in [0, 0.05) is 24.0 Å². The Kier molecular flexibility index (Phi) is 5.70. The quantitative estimate of drug-likeness (QED) is 0.471. The van der Waals surface area contributed by atoms with Crippen LogP contribution in [0.25, 0.3) is 11.9 Å². The first kappa shape index (κ1) is 19.8. The summed E-state index contributed by atoms with van der Waals surface area (Å²) in [5, 5.41) is 5.40. The number of nitrogens with one attached hydrogen (secondary N) is 2. The molecule has 0 aliphatic carbocycles. The minimum Gasteiger partial charge on any atom is -0.465 e. The zero-order valence-electron chi connectivity index (χ0n) is 16.6. The zero-order valence-corrected chi connectivity index (χ0v) is 16.6. The summed E-state index contributed by atoms with van der Waals surface area (Å²) in [7, 11) is 0. The third kappa shape index (κ3) is 4.76. The Morgan fingerprint density at radius 3 is 2.52 bits per heavy atom. The molecule has 0 radical (unpaired) electrons. The molecule has 0 bridgehead atoms. The van der Waals surface area contributed by atoms with E-state index >= 15 is 0 Å². The average molecular weight is 413 g/mol. The molecular weight excluding hydrogens is 394 g/mol. The molecule has 3 heterocycles. The van der Waals surface area contributed by atoms with E-state index in [-0.39, 0.29) is 5.70 Å². The summed E-state index contributed by atoms with van der Waals surface area (Å²) >= 11 is 0. The molecule has 8 heteroatoms. The third-order valence-electron chi connectivity index (χ3n) is 4.44. The molecule has 0 unspecified atom stereocenters. The van der Waals surface area contributed by atoms with Crippen LogP contribution in [0.1, 0.15) is 21.9 Å². The second kappa shape index (κ2) is 8.91. The van der Waals surface area contributed by atoms with Crippen LogP contribution in [-0.2, 0) is 4.79 Å². The zero-order chi connectivity index (χ0) is 21.6. The Hall–Kier alpha value is -4.46. The van der Waals surface area contributed by atoms with Crippen LogP contribution in [0, 0.1) is 6.92 Å². The van der Waals surface area contributed by atoms with Crippen molar-refractivity contribution in [3.8, 4) is 5.82 Å². The number of pyridine rings is 1. The van der Waals surface area contributed by atoms with Gasteiger partial charge < -0.3 is 15.1 Å². The maximum atomic E-state index is 12.9. The highest BCUT2D eigenvalue weighted by Crippen LogP contribution is 2.14. The number of carbonyl (C=O) groups excluding carboxylic acids is 2. The molecule has 8 nitrogen and oxygen atoms in total. The maximum absolute atomic E-state index is 12.9. The maximum Gasteiger partial charge on any atom is 0.272 e. The van der Waals surface area contributed by atoms with Crippen molar-refractivity contribution in [3.05, 3.63) is 102 Å². The van der Waals surface area contributed by atoms with Gasteiger partial charge in [-0.05, 0) is 43.3 Å². The number of furan rings is 1. The van der Waals surface area contributed by atoms with Gasteiger partial charge in [-0.15, -0.1) is 0 Å². The van der Waals surface area contributed by atoms with Crippen molar-refractivity contribution in [1.82, 2.24) is 19.9 Å². The van der Waals surface area contributed by atoms with Crippen LogP contribution in [0.2, 0.25) is 0 Å². The van der Waals surface area contributed by atoms with Crippen molar-refractivity contribution in [3.63, 3.8) is 0 Å². The van der Waals surface area contributed by atoms with Gasteiger partial charge in [0.2, 0.25) is 0 Å². The standard InChI is InChI=1S/C23H19N5O3/c1-16-24-11-12-28(16)21-10-9-18(15-25-21)26-23(30)20(14-19-8-5-13-31-19)27-22(29)17-6-3-2-4-7-17/h2-15H,1H3,(H,26,30)(H,27,29). The minimum absolute atomic E-state index is 0.0401. The molecule has 3 aromatic heterocycles. The van der Waals surface area contributed by atoms with Crippen molar-refractivity contribution in [2.75, 3.05) is 5.32 Å². The molecule has 4 rings (SSSR count). The number of hydrogen-bond donors (Lipinski definition) is 2. The number of rotatable bonds is 6. The first-order chi connectivity index (χ1) is 15.1. The van der Waals surface area contributed by atoms with Crippen LogP contribution in [0.15, 0.2) is 89.6 Å². The highest BCUT2D eigenvalue weighted by molar-refractivity contribution is 6.10. The number of aromatic nitrogens is 3. The van der Waals surface area contributed by atoms with Gasteiger partial charge in [-0.2, -0.15) is 0 Å². The second-order valence-corrected chi connectivity index (χ2v) is 6.60. The Morgan fingerprint density at radius 2 is 1.87 bits per heavy atom. The summed E-state index contributed by atoms with van der Waals surface area (Å²) in [6.45, 7) is 1.87. The molecule has 0 atom stereocenters. The first-order valence-electron chi connectivity index (χ1n) is 9.49. The van der Waals surface area contributed by atoms with Gasteiger partial charge in [-0.1, -0.05) is 18.2 Å². The van der Waals surface area contributed by atoms with E-state index < -0.39 is 11.8 Å². The molecule has 2 N–H and O–H groups in total. The molecule has 0 aliphatic heterocycles. The Bertz CT molecular complexity index is 1210. The van der Waals surface area contributed by atoms with E-state index in [0.29, 0.717) is 22.8 Å². The molecule has 0 fully saturated rings. The summed E-state index contributed by atoms with van der Waals surface area (Å²) in [4.78, 5) is 34.0. The lowest BCUT2D eigenvalue weighted by atomic mass is 10.2. The fourth-order valence-electron chi connectivity index (χ4n) is 2.88. The van der Waals surface area contributed by atoms with E-state index in [1.165, 1.54) is 18.5 Å². The largest absolute Gasteiger partial charge is 0.465 e. The lowest BCUT2D eigenvalue weighted by Gasteiger charge is -2.11. The third-order valence-corrected chi connectivity index (χ3v) is 4.44. The smallest absolute Gasteiger partial charge is 0.272 e. The fourth-order valence-corrected chi connectivity index (χ4v) is 2.88. The number of benzene rings is 1. The van der Waals surface area contributed by atoms with Crippen LogP contribution < -0.4 is 10.6 Å². The molecule has 1 aromatic carbocycles. The van der Waals surface area contributed by atoms with Gasteiger partial charge in [0.15, 0.2) is 0 Å². The number of imidazole rings is 1. The molecule has 154 valence electrons. The summed E-state index contributed by atoms with van der Waals surface area (Å²) < 4.78 is 7.12. The van der Waals surface area contributed by atoms with Crippen LogP contribution in [0.3, 0.4) is 0 Å². The number of nitrogens with zero attached hydrogens (tertiary/aromatic N) is 3. The van der Waals surface area contributed by atoms with Crippen LogP contribution in [0.4, 0.5) is 5.69 Å². The normalized spacial score (nSPS) is 11.2. The predicted octanol–water partition coefficient (Wildman–Crippen LogP) is 3.58. The van der Waals surface area contributed by atoms with E-state index in [4.69, 9.17) is 4.42 Å². The monoisotopic (exact) mass is 413 g/mol. The summed E-state index contributed by atoms with van der Waals surface area (Å²) in [6.07, 6.45) is 7.98.